The largest absolute Gasteiger partial charge is 0.503 e. The van der Waals surface area contributed by atoms with Gasteiger partial charge in [-0.15, -0.1) is 0 Å². The number of allylic oxidation sites excluding steroid dienone is 2. The van der Waals surface area contributed by atoms with Gasteiger partial charge in [0.15, 0.2) is 17.3 Å². The first kappa shape index (κ1) is 35.7. The van der Waals surface area contributed by atoms with Gasteiger partial charge < -0.3 is 9.84 Å². The molecule has 266 valence electrons. The number of pyridine rings is 1. The maximum atomic E-state index is 15.3. The van der Waals surface area contributed by atoms with Crippen LogP contribution in [-0.4, -0.2) is 57.8 Å². The number of aromatic nitrogens is 1. The van der Waals surface area contributed by atoms with Crippen LogP contribution in [-0.2, 0) is 30.8 Å². The number of hydrogen-bond donors (Lipinski definition) is 2. The fourth-order valence-corrected chi connectivity index (χ4v) is 9.55. The quantitative estimate of drug-likeness (QED) is 0.203. The molecule has 2 aliphatic carbocycles. The van der Waals surface area contributed by atoms with Gasteiger partial charge in [-0.05, 0) is 86.0 Å². The number of carbonyl (C=O) groups excluding carboxylic acids is 4. The molecule has 51 heavy (non-hydrogen) atoms. The molecule has 1 saturated carbocycles. The van der Waals surface area contributed by atoms with E-state index in [1.54, 1.807) is 24.3 Å². The number of rotatable bonds is 5. The lowest BCUT2D eigenvalue weighted by atomic mass is 9.49. The summed E-state index contributed by atoms with van der Waals surface area (Å²) in [4.78, 5) is 61.8. The smallest absolute Gasteiger partial charge is 0.417 e. The average molecular weight is 873 g/mol. The molecular formula is C34H25Br2Cl2F3N4O6. The van der Waals surface area contributed by atoms with Crippen LogP contribution in [0.2, 0.25) is 10.0 Å². The summed E-state index contributed by atoms with van der Waals surface area (Å²) in [5, 5.41) is 11.5. The van der Waals surface area contributed by atoms with E-state index in [0.717, 1.165) is 4.90 Å². The Hall–Kier alpha value is -3.66. The number of nitrogens with one attached hydrogen (secondary N) is 1. The number of hydrogen-bond acceptors (Lipinski definition) is 8. The minimum Gasteiger partial charge on any atom is -0.503 e. The van der Waals surface area contributed by atoms with E-state index in [0.29, 0.717) is 43.5 Å². The van der Waals surface area contributed by atoms with E-state index in [4.69, 9.17) is 27.9 Å². The van der Waals surface area contributed by atoms with Crippen LogP contribution in [0.5, 0.6) is 11.5 Å². The maximum Gasteiger partial charge on any atom is 0.417 e. The second kappa shape index (κ2) is 12.5. The SMILES string of the molecule is COc1cc([C@H]2C3=CC[C@@H]4C(=O)N(C)C(=O)[C@@H]4[C@@H]3C[C@H]3C(=O)N(Nc4ncc(C(F)(F)F)cc4Cl)C(=O)[C@@]23c2ccc(Cl)cc2)c(Br)c(Br)c1O. The highest BCUT2D eigenvalue weighted by molar-refractivity contribution is 9.13. The van der Waals surface area contributed by atoms with Crippen molar-refractivity contribution in [3.8, 4) is 11.5 Å². The number of halogens is 7. The van der Waals surface area contributed by atoms with Crippen molar-refractivity contribution in [1.82, 2.24) is 14.9 Å². The van der Waals surface area contributed by atoms with Crippen molar-refractivity contribution in [3.05, 3.63) is 89.9 Å². The molecule has 7 rings (SSSR count). The van der Waals surface area contributed by atoms with E-state index >= 15 is 4.79 Å². The van der Waals surface area contributed by atoms with Gasteiger partial charge in [-0.25, -0.2) is 4.98 Å². The first-order valence-electron chi connectivity index (χ1n) is 15.4. The Morgan fingerprint density at radius 3 is 2.33 bits per heavy atom. The van der Waals surface area contributed by atoms with E-state index in [1.165, 1.54) is 20.2 Å². The van der Waals surface area contributed by atoms with Gasteiger partial charge in [-0.1, -0.05) is 47.0 Å². The molecule has 4 aliphatic rings. The molecule has 3 fully saturated rings. The molecule has 17 heteroatoms. The van der Waals surface area contributed by atoms with Crippen molar-refractivity contribution in [2.24, 2.45) is 23.7 Å². The number of fused-ring (bicyclic) bond motifs is 4. The summed E-state index contributed by atoms with van der Waals surface area (Å²) in [6.45, 7) is 0. The zero-order chi connectivity index (χ0) is 36.9. The Balaban J connectivity index is 1.49. The predicted octanol–water partition coefficient (Wildman–Crippen LogP) is 7.26. The highest BCUT2D eigenvalue weighted by Crippen LogP contribution is 2.65. The summed E-state index contributed by atoms with van der Waals surface area (Å²) in [6.07, 6.45) is -2.23. The summed E-state index contributed by atoms with van der Waals surface area (Å²) in [5.41, 5.74) is 1.09. The Labute approximate surface area is 315 Å². The monoisotopic (exact) mass is 870 g/mol. The Morgan fingerprint density at radius 1 is 1.02 bits per heavy atom. The molecule has 3 aromatic rings. The van der Waals surface area contributed by atoms with Gasteiger partial charge in [0.2, 0.25) is 11.8 Å². The predicted molar refractivity (Wildman–Crippen MR) is 185 cm³/mol. The van der Waals surface area contributed by atoms with E-state index in [-0.39, 0.29) is 40.5 Å². The fraction of sp³-hybridized carbons (Fsp3) is 0.324. The molecule has 10 nitrogen and oxygen atoms in total. The second-order valence-corrected chi connectivity index (χ2v) is 15.2. The van der Waals surface area contributed by atoms with E-state index in [2.05, 4.69) is 42.3 Å². The molecule has 0 bridgehead atoms. The van der Waals surface area contributed by atoms with Gasteiger partial charge >= 0.3 is 6.18 Å². The highest BCUT2D eigenvalue weighted by Gasteiger charge is 2.70. The van der Waals surface area contributed by atoms with Crippen molar-refractivity contribution in [1.29, 1.82) is 0 Å². The molecule has 2 saturated heterocycles. The summed E-state index contributed by atoms with van der Waals surface area (Å²) >= 11 is 19.5. The topological polar surface area (TPSA) is 129 Å². The average Bonchev–Trinajstić information content (AvgIpc) is 3.44. The molecule has 1 aromatic heterocycles. The van der Waals surface area contributed by atoms with Crippen LogP contribution in [0.4, 0.5) is 19.0 Å². The van der Waals surface area contributed by atoms with Gasteiger partial charge in [0.25, 0.3) is 11.8 Å². The zero-order valence-corrected chi connectivity index (χ0v) is 31.1. The number of phenolic OH excluding ortho intramolecular Hbond substituents is 1. The second-order valence-electron chi connectivity index (χ2n) is 12.8. The van der Waals surface area contributed by atoms with Crippen molar-refractivity contribution < 1.29 is 42.2 Å². The highest BCUT2D eigenvalue weighted by atomic mass is 79.9. The molecule has 2 aliphatic heterocycles. The van der Waals surface area contributed by atoms with E-state index < -0.39 is 69.5 Å². The van der Waals surface area contributed by atoms with Crippen molar-refractivity contribution >= 4 is 84.5 Å². The summed E-state index contributed by atoms with van der Waals surface area (Å²) < 4.78 is 46.3. The van der Waals surface area contributed by atoms with Gasteiger partial charge in [0.1, 0.15) is 0 Å². The normalized spacial score (nSPS) is 27.3. The molecule has 3 heterocycles. The number of aromatic hydroxyl groups is 1. The van der Waals surface area contributed by atoms with Crippen LogP contribution in [0.3, 0.4) is 0 Å². The van der Waals surface area contributed by atoms with E-state index in [9.17, 15) is 32.7 Å². The molecule has 0 radical (unpaired) electrons. The lowest BCUT2D eigenvalue weighted by Crippen LogP contribution is -2.53. The Morgan fingerprint density at radius 2 is 1.71 bits per heavy atom. The molecule has 0 unspecified atom stereocenters. The molecule has 2 aromatic carbocycles. The number of anilines is 1. The molecule has 6 atom stereocenters. The van der Waals surface area contributed by atoms with Gasteiger partial charge in [-0.3, -0.25) is 29.5 Å². The Kier molecular flexibility index (Phi) is 8.75. The first-order valence-corrected chi connectivity index (χ1v) is 17.8. The summed E-state index contributed by atoms with van der Waals surface area (Å²) in [6, 6.07) is 8.53. The van der Waals surface area contributed by atoms with Crippen LogP contribution in [0, 0.1) is 23.7 Å². The lowest BCUT2D eigenvalue weighted by Gasteiger charge is -2.51. The number of nitrogens with zero attached hydrogens (tertiary/aromatic N) is 3. The summed E-state index contributed by atoms with van der Waals surface area (Å²) in [5.74, 6) is -7.30. The van der Waals surface area contributed by atoms with Crippen LogP contribution < -0.4 is 10.2 Å². The number of alkyl halides is 3. The third-order valence-electron chi connectivity index (χ3n) is 10.5. The number of phenols is 1. The standard InChI is InChI=1S/C34H25Br2Cl2F3N4O6/c1-44-29(47)17-8-7-16-18(23(17)31(44)49)10-20-30(48)45(43-28-21(38)9-14(12-42-28)34(39,40)41)32(50)33(20,13-3-5-15(37)6-4-13)24(16)19-11-22(51-2)27(46)26(36)25(19)35/h3-7,9,11-12,17-18,20,23-24,46H,8,10H2,1-2H3,(H,42,43)/t17-,18+,20-,23-,24+,33+/m0/s1. The van der Waals surface area contributed by atoms with Gasteiger partial charge in [0, 0.05) is 28.7 Å². The molecular weight excluding hydrogens is 848 g/mol. The van der Waals surface area contributed by atoms with Crippen molar-refractivity contribution in [2.75, 3.05) is 19.6 Å². The van der Waals surface area contributed by atoms with Crippen molar-refractivity contribution in [3.63, 3.8) is 0 Å². The number of ether oxygens (including phenoxy) is 1. The zero-order valence-electron chi connectivity index (χ0n) is 26.4. The minimum atomic E-state index is -4.75. The van der Waals surface area contributed by atoms with Gasteiger partial charge in [-0.2, -0.15) is 18.2 Å². The van der Waals surface area contributed by atoms with E-state index in [1.807, 2.05) is 6.08 Å². The van der Waals surface area contributed by atoms with Crippen LogP contribution in [0.25, 0.3) is 0 Å². The number of imide groups is 2. The fourth-order valence-electron chi connectivity index (χ4n) is 8.26. The molecule has 2 N–H and O–H groups in total. The van der Waals surface area contributed by atoms with Crippen LogP contribution in [0.15, 0.2) is 63.2 Å². The number of methoxy groups -OCH3 is 1. The first-order chi connectivity index (χ1) is 24.0. The third kappa shape index (κ3) is 5.20. The van der Waals surface area contributed by atoms with Crippen molar-refractivity contribution in [2.45, 2.75) is 30.4 Å². The van der Waals surface area contributed by atoms with Crippen LogP contribution >= 0.6 is 55.1 Å². The Bertz CT molecular complexity index is 2080. The summed E-state index contributed by atoms with van der Waals surface area (Å²) in [7, 11) is 2.76. The number of carbonyl (C=O) groups is 4. The molecule has 0 spiro atoms. The lowest BCUT2D eigenvalue weighted by molar-refractivity contribution is -0.140. The van der Waals surface area contributed by atoms with Gasteiger partial charge in [0.05, 0.1) is 45.3 Å². The number of likely N-dealkylation sites (tertiary alicyclic amines) is 1. The third-order valence-corrected chi connectivity index (χ3v) is 13.2. The maximum absolute atomic E-state index is 15.3. The number of benzene rings is 2. The number of hydrazine groups is 1. The number of amides is 4. The molecule has 4 amide bonds. The van der Waals surface area contributed by atoms with Crippen LogP contribution in [0.1, 0.15) is 35.4 Å². The minimum absolute atomic E-state index is 0.0378.